The molecule has 0 aliphatic carbocycles. The Hall–Kier alpha value is -1.51. The molecule has 0 radical (unpaired) electrons. The van der Waals surface area contributed by atoms with Crippen molar-refractivity contribution in [2.45, 2.75) is 13.5 Å². The van der Waals surface area contributed by atoms with Crippen molar-refractivity contribution in [2.24, 2.45) is 0 Å². The van der Waals surface area contributed by atoms with Crippen LogP contribution in [-0.2, 0) is 6.54 Å². The first kappa shape index (κ1) is 12.5. The first-order valence-corrected chi connectivity index (χ1v) is 7.44. The van der Waals surface area contributed by atoms with Gasteiger partial charge in [0.05, 0.1) is 0 Å². The van der Waals surface area contributed by atoms with Gasteiger partial charge in [-0.1, -0.05) is 17.7 Å². The molecule has 96 valence electrons. The van der Waals surface area contributed by atoms with Crippen molar-refractivity contribution in [3.63, 3.8) is 0 Å². The second-order valence-electron chi connectivity index (χ2n) is 4.60. The largest absolute Gasteiger partial charge is 0.381 e. The molecule has 3 heteroatoms. The van der Waals surface area contributed by atoms with Crippen LogP contribution in [0.5, 0.6) is 0 Å². The van der Waals surface area contributed by atoms with Crippen LogP contribution in [0.2, 0.25) is 5.02 Å². The maximum absolute atomic E-state index is 5.97. The smallest absolute Gasteiger partial charge is 0.0408 e. The lowest BCUT2D eigenvalue weighted by Gasteiger charge is -2.09. The summed E-state index contributed by atoms with van der Waals surface area (Å²) in [5.41, 5.74) is 3.65. The molecule has 1 aromatic heterocycles. The zero-order valence-electron chi connectivity index (χ0n) is 10.6. The highest BCUT2D eigenvalue weighted by molar-refractivity contribution is 7.17. The number of halogens is 1. The predicted molar refractivity (Wildman–Crippen MR) is 85.3 cm³/mol. The molecular weight excluding hydrogens is 274 g/mol. The van der Waals surface area contributed by atoms with Gasteiger partial charge in [-0.25, -0.2) is 0 Å². The molecule has 0 bridgehead atoms. The van der Waals surface area contributed by atoms with E-state index in [0.717, 1.165) is 17.3 Å². The molecule has 3 aromatic rings. The molecule has 2 aromatic carbocycles. The van der Waals surface area contributed by atoms with E-state index >= 15 is 0 Å². The molecule has 1 nitrogen and oxygen atoms in total. The molecule has 0 unspecified atom stereocenters. The number of anilines is 1. The molecular formula is C16H14ClNS. The minimum Gasteiger partial charge on any atom is -0.381 e. The lowest BCUT2D eigenvalue weighted by molar-refractivity contribution is 1.12. The number of aryl methyl sites for hydroxylation is 1. The lowest BCUT2D eigenvalue weighted by atomic mass is 10.1. The highest BCUT2D eigenvalue weighted by Gasteiger charge is 2.01. The third-order valence-electron chi connectivity index (χ3n) is 3.24. The van der Waals surface area contributed by atoms with Gasteiger partial charge in [0, 0.05) is 22.0 Å². The number of fused-ring (bicyclic) bond motifs is 1. The van der Waals surface area contributed by atoms with Gasteiger partial charge in [-0.2, -0.15) is 0 Å². The predicted octanol–water partition coefficient (Wildman–Crippen LogP) is 5.48. The number of nitrogens with one attached hydrogen (secondary N) is 1. The fourth-order valence-corrected chi connectivity index (χ4v) is 3.13. The minimum absolute atomic E-state index is 0.793. The van der Waals surface area contributed by atoms with E-state index in [-0.39, 0.29) is 0 Å². The molecule has 0 saturated heterocycles. The van der Waals surface area contributed by atoms with Crippen molar-refractivity contribution in [2.75, 3.05) is 5.32 Å². The maximum atomic E-state index is 5.97. The third kappa shape index (κ3) is 2.75. The summed E-state index contributed by atoms with van der Waals surface area (Å²) >= 11 is 7.74. The Labute approximate surface area is 121 Å². The van der Waals surface area contributed by atoms with Crippen LogP contribution in [0.3, 0.4) is 0 Å². The SMILES string of the molecule is Cc1cc(Cl)ccc1CNc1ccc2sccc2c1. The van der Waals surface area contributed by atoms with E-state index in [1.165, 1.54) is 21.2 Å². The second-order valence-corrected chi connectivity index (χ2v) is 5.98. The quantitative estimate of drug-likeness (QED) is 0.673. The summed E-state index contributed by atoms with van der Waals surface area (Å²) in [7, 11) is 0. The Kier molecular flexibility index (Phi) is 3.45. The summed E-state index contributed by atoms with van der Waals surface area (Å²) in [5.74, 6) is 0. The second kappa shape index (κ2) is 5.24. The van der Waals surface area contributed by atoms with Gasteiger partial charge in [-0.15, -0.1) is 11.3 Å². The zero-order chi connectivity index (χ0) is 13.2. The van der Waals surface area contributed by atoms with E-state index in [2.05, 4.69) is 48.0 Å². The van der Waals surface area contributed by atoms with Gasteiger partial charge in [0.15, 0.2) is 0 Å². The van der Waals surface area contributed by atoms with Crippen molar-refractivity contribution in [3.05, 3.63) is 64.0 Å². The van der Waals surface area contributed by atoms with Gasteiger partial charge in [0.2, 0.25) is 0 Å². The van der Waals surface area contributed by atoms with Gasteiger partial charge < -0.3 is 5.32 Å². The van der Waals surface area contributed by atoms with Crippen LogP contribution < -0.4 is 5.32 Å². The summed E-state index contributed by atoms with van der Waals surface area (Å²) in [6.07, 6.45) is 0. The fourth-order valence-electron chi connectivity index (χ4n) is 2.13. The Morgan fingerprint density at radius 1 is 1.11 bits per heavy atom. The van der Waals surface area contributed by atoms with E-state index in [1.54, 1.807) is 11.3 Å². The van der Waals surface area contributed by atoms with E-state index in [0.29, 0.717) is 0 Å². The lowest BCUT2D eigenvalue weighted by Crippen LogP contribution is -2.00. The molecule has 0 aliphatic heterocycles. The average molecular weight is 288 g/mol. The minimum atomic E-state index is 0.793. The van der Waals surface area contributed by atoms with Crippen molar-refractivity contribution in [3.8, 4) is 0 Å². The van der Waals surface area contributed by atoms with Crippen LogP contribution in [0.25, 0.3) is 10.1 Å². The highest BCUT2D eigenvalue weighted by atomic mass is 35.5. The van der Waals surface area contributed by atoms with E-state index < -0.39 is 0 Å². The molecule has 1 heterocycles. The van der Waals surface area contributed by atoms with Gasteiger partial charge in [0.25, 0.3) is 0 Å². The zero-order valence-corrected chi connectivity index (χ0v) is 12.2. The van der Waals surface area contributed by atoms with E-state index in [1.807, 2.05) is 12.1 Å². The Morgan fingerprint density at radius 2 is 2.00 bits per heavy atom. The third-order valence-corrected chi connectivity index (χ3v) is 4.37. The summed E-state index contributed by atoms with van der Waals surface area (Å²) in [4.78, 5) is 0. The number of thiophene rings is 1. The van der Waals surface area contributed by atoms with Crippen LogP contribution in [-0.4, -0.2) is 0 Å². The molecule has 0 amide bonds. The molecule has 1 N–H and O–H groups in total. The van der Waals surface area contributed by atoms with Crippen LogP contribution in [0, 0.1) is 6.92 Å². The van der Waals surface area contributed by atoms with E-state index in [4.69, 9.17) is 11.6 Å². The summed E-state index contributed by atoms with van der Waals surface area (Å²) in [5, 5.41) is 7.67. The van der Waals surface area contributed by atoms with Gasteiger partial charge in [0.1, 0.15) is 0 Å². The Balaban J connectivity index is 1.77. The van der Waals surface area contributed by atoms with Crippen LogP contribution in [0.1, 0.15) is 11.1 Å². The molecule has 3 rings (SSSR count). The number of benzene rings is 2. The average Bonchev–Trinajstić information content (AvgIpc) is 2.85. The highest BCUT2D eigenvalue weighted by Crippen LogP contribution is 2.24. The van der Waals surface area contributed by atoms with Crippen LogP contribution in [0.15, 0.2) is 47.8 Å². The molecule has 0 aliphatic rings. The number of hydrogen-bond donors (Lipinski definition) is 1. The van der Waals surface area contributed by atoms with Crippen molar-refractivity contribution in [1.82, 2.24) is 0 Å². The molecule has 0 fully saturated rings. The first-order valence-electron chi connectivity index (χ1n) is 6.18. The van der Waals surface area contributed by atoms with Gasteiger partial charge in [-0.05, 0) is 65.2 Å². The summed E-state index contributed by atoms with van der Waals surface area (Å²) in [6.45, 7) is 2.91. The first-order chi connectivity index (χ1) is 9.22. The molecule has 19 heavy (non-hydrogen) atoms. The van der Waals surface area contributed by atoms with Crippen LogP contribution in [0.4, 0.5) is 5.69 Å². The fraction of sp³-hybridized carbons (Fsp3) is 0.125. The Morgan fingerprint density at radius 3 is 2.84 bits per heavy atom. The van der Waals surface area contributed by atoms with Crippen molar-refractivity contribution in [1.29, 1.82) is 0 Å². The maximum Gasteiger partial charge on any atom is 0.0408 e. The Bertz CT molecular complexity index is 718. The molecule has 0 atom stereocenters. The van der Waals surface area contributed by atoms with Gasteiger partial charge >= 0.3 is 0 Å². The van der Waals surface area contributed by atoms with E-state index in [9.17, 15) is 0 Å². The van der Waals surface area contributed by atoms with Crippen molar-refractivity contribution >= 4 is 38.7 Å². The molecule has 0 spiro atoms. The number of hydrogen-bond acceptors (Lipinski definition) is 2. The van der Waals surface area contributed by atoms with Gasteiger partial charge in [-0.3, -0.25) is 0 Å². The number of rotatable bonds is 3. The topological polar surface area (TPSA) is 12.0 Å². The summed E-state index contributed by atoms with van der Waals surface area (Å²) in [6, 6.07) is 14.7. The standard InChI is InChI=1S/C16H14ClNS/c1-11-8-14(17)3-2-13(11)10-18-15-4-5-16-12(9-15)6-7-19-16/h2-9,18H,10H2,1H3. The monoisotopic (exact) mass is 287 g/mol. The van der Waals surface area contributed by atoms with Crippen molar-refractivity contribution < 1.29 is 0 Å². The summed E-state index contributed by atoms with van der Waals surface area (Å²) < 4.78 is 1.33. The van der Waals surface area contributed by atoms with Crippen LogP contribution >= 0.6 is 22.9 Å². The normalized spacial score (nSPS) is 10.8. The molecule has 0 saturated carbocycles.